The summed E-state index contributed by atoms with van der Waals surface area (Å²) in [6, 6.07) is 27.9. The summed E-state index contributed by atoms with van der Waals surface area (Å²) in [5.74, 6) is 0.628. The molecule has 0 saturated heterocycles. The first kappa shape index (κ1) is 24.2. The molecule has 0 aliphatic heterocycles. The Labute approximate surface area is 228 Å². The standard InChI is InChI=1S/C27H22BrClN6S/c28-23-18-34(16-20-11-7-8-14-24(20)29)33-26(23)31-27(36)30-15-21-17-35(22-12-5-2-6-13-22)32-25(21)19-9-3-1-4-10-19/h1-14,17-18H,15-16H2,(H2,30,31,33,36). The molecule has 0 spiro atoms. The van der Waals surface area contributed by atoms with E-state index >= 15 is 0 Å². The Morgan fingerprint density at radius 2 is 1.56 bits per heavy atom. The van der Waals surface area contributed by atoms with Gasteiger partial charge in [-0.3, -0.25) is 4.68 Å². The molecule has 0 saturated carbocycles. The molecule has 0 aliphatic rings. The van der Waals surface area contributed by atoms with Crippen molar-refractivity contribution in [2.45, 2.75) is 13.1 Å². The number of rotatable bonds is 7. The van der Waals surface area contributed by atoms with E-state index < -0.39 is 0 Å². The van der Waals surface area contributed by atoms with Crippen LogP contribution in [0.15, 0.2) is 102 Å². The summed E-state index contributed by atoms with van der Waals surface area (Å²) >= 11 is 15.4. The molecule has 5 aromatic rings. The molecule has 3 aromatic carbocycles. The van der Waals surface area contributed by atoms with E-state index in [9.17, 15) is 0 Å². The van der Waals surface area contributed by atoms with Crippen LogP contribution in [0.2, 0.25) is 5.02 Å². The third-order valence-electron chi connectivity index (χ3n) is 5.54. The fraction of sp³-hybridized carbons (Fsp3) is 0.0741. The molecule has 0 atom stereocenters. The van der Waals surface area contributed by atoms with Gasteiger partial charge in [0, 0.05) is 35.1 Å². The first-order chi connectivity index (χ1) is 17.6. The molecule has 0 aliphatic carbocycles. The Morgan fingerprint density at radius 3 is 2.31 bits per heavy atom. The average molecular weight is 578 g/mol. The summed E-state index contributed by atoms with van der Waals surface area (Å²) < 4.78 is 4.51. The van der Waals surface area contributed by atoms with E-state index in [2.05, 4.69) is 43.8 Å². The Bertz CT molecular complexity index is 1480. The van der Waals surface area contributed by atoms with E-state index in [4.69, 9.17) is 28.9 Å². The lowest BCUT2D eigenvalue weighted by atomic mass is 10.1. The number of anilines is 1. The zero-order valence-electron chi connectivity index (χ0n) is 19.1. The second kappa shape index (κ2) is 11.1. The van der Waals surface area contributed by atoms with Gasteiger partial charge in [0.25, 0.3) is 0 Å². The van der Waals surface area contributed by atoms with Crippen molar-refractivity contribution in [2.24, 2.45) is 0 Å². The van der Waals surface area contributed by atoms with Crippen LogP contribution in [0.5, 0.6) is 0 Å². The molecule has 5 rings (SSSR count). The van der Waals surface area contributed by atoms with Gasteiger partial charge in [-0.15, -0.1) is 0 Å². The fourth-order valence-corrected chi connectivity index (χ4v) is 4.56. The molecule has 0 bridgehead atoms. The van der Waals surface area contributed by atoms with Crippen molar-refractivity contribution in [3.63, 3.8) is 0 Å². The van der Waals surface area contributed by atoms with Crippen LogP contribution in [-0.4, -0.2) is 24.7 Å². The summed E-state index contributed by atoms with van der Waals surface area (Å²) in [5.41, 5.74) is 4.96. The second-order valence-electron chi connectivity index (χ2n) is 8.07. The minimum atomic E-state index is 0.463. The normalized spacial score (nSPS) is 10.8. The summed E-state index contributed by atoms with van der Waals surface area (Å²) in [4.78, 5) is 0. The molecule has 9 heteroatoms. The van der Waals surface area contributed by atoms with Gasteiger partial charge in [-0.1, -0.05) is 78.3 Å². The minimum Gasteiger partial charge on any atom is -0.358 e. The van der Waals surface area contributed by atoms with E-state index in [1.165, 1.54) is 0 Å². The first-order valence-corrected chi connectivity index (χ1v) is 12.9. The van der Waals surface area contributed by atoms with Crippen LogP contribution in [-0.2, 0) is 13.1 Å². The second-order valence-corrected chi connectivity index (χ2v) is 9.74. The Hall–Kier alpha value is -3.46. The number of para-hydroxylation sites is 1. The van der Waals surface area contributed by atoms with Crippen LogP contribution in [0.25, 0.3) is 16.9 Å². The van der Waals surface area contributed by atoms with Crippen LogP contribution < -0.4 is 10.6 Å². The topological polar surface area (TPSA) is 59.7 Å². The zero-order chi connectivity index (χ0) is 24.9. The molecule has 2 N–H and O–H groups in total. The number of aromatic nitrogens is 4. The molecule has 0 radical (unpaired) electrons. The van der Waals surface area contributed by atoms with Crippen molar-refractivity contribution in [1.29, 1.82) is 0 Å². The highest BCUT2D eigenvalue weighted by molar-refractivity contribution is 9.10. The molecule has 0 fully saturated rings. The van der Waals surface area contributed by atoms with Crippen molar-refractivity contribution in [3.05, 3.63) is 118 Å². The van der Waals surface area contributed by atoms with Crippen LogP contribution >= 0.6 is 39.7 Å². The van der Waals surface area contributed by atoms with E-state index in [0.29, 0.717) is 29.0 Å². The first-order valence-electron chi connectivity index (χ1n) is 11.3. The molecular formula is C27H22BrClN6S. The van der Waals surface area contributed by atoms with Crippen molar-refractivity contribution in [2.75, 3.05) is 5.32 Å². The smallest absolute Gasteiger partial charge is 0.172 e. The average Bonchev–Trinajstić information content (AvgIpc) is 3.48. The van der Waals surface area contributed by atoms with E-state index in [1.807, 2.05) is 94.6 Å². The number of benzene rings is 3. The highest BCUT2D eigenvalue weighted by atomic mass is 79.9. The summed E-state index contributed by atoms with van der Waals surface area (Å²) in [6.07, 6.45) is 3.92. The van der Waals surface area contributed by atoms with Crippen LogP contribution in [0.1, 0.15) is 11.1 Å². The largest absolute Gasteiger partial charge is 0.358 e. The monoisotopic (exact) mass is 576 g/mol. The van der Waals surface area contributed by atoms with Gasteiger partial charge < -0.3 is 10.6 Å². The maximum absolute atomic E-state index is 6.30. The van der Waals surface area contributed by atoms with Gasteiger partial charge in [0.15, 0.2) is 10.9 Å². The van der Waals surface area contributed by atoms with Crippen molar-refractivity contribution < 1.29 is 0 Å². The van der Waals surface area contributed by atoms with E-state index in [0.717, 1.165) is 32.5 Å². The lowest BCUT2D eigenvalue weighted by Crippen LogP contribution is -2.28. The number of nitrogens with zero attached hydrogens (tertiary/aromatic N) is 4. The molecule has 6 nitrogen and oxygen atoms in total. The molecule has 36 heavy (non-hydrogen) atoms. The Balaban J connectivity index is 1.30. The van der Waals surface area contributed by atoms with Crippen LogP contribution in [0.4, 0.5) is 5.82 Å². The van der Waals surface area contributed by atoms with E-state index in [1.54, 1.807) is 0 Å². The Kier molecular flexibility index (Phi) is 7.46. The fourth-order valence-electron chi connectivity index (χ4n) is 3.78. The number of hydrogen-bond donors (Lipinski definition) is 2. The van der Waals surface area contributed by atoms with Gasteiger partial charge in [-0.25, -0.2) is 4.68 Å². The van der Waals surface area contributed by atoms with Crippen molar-refractivity contribution in [1.82, 2.24) is 24.9 Å². The Morgan fingerprint density at radius 1 is 0.861 bits per heavy atom. The van der Waals surface area contributed by atoms with Crippen molar-refractivity contribution >= 4 is 50.7 Å². The number of halogens is 2. The van der Waals surface area contributed by atoms with Crippen LogP contribution in [0.3, 0.4) is 0 Å². The van der Waals surface area contributed by atoms with E-state index in [-0.39, 0.29) is 0 Å². The van der Waals surface area contributed by atoms with Gasteiger partial charge in [-0.2, -0.15) is 10.2 Å². The molecule has 2 heterocycles. The quantitative estimate of drug-likeness (QED) is 0.211. The SMILES string of the molecule is S=C(NCc1cn(-c2ccccc2)nc1-c1ccccc1)Nc1nn(Cc2ccccc2Cl)cc1Br. The summed E-state index contributed by atoms with van der Waals surface area (Å²) in [5, 5.41) is 17.1. The maximum atomic E-state index is 6.30. The lowest BCUT2D eigenvalue weighted by molar-refractivity contribution is 0.689. The summed E-state index contributed by atoms with van der Waals surface area (Å²) in [7, 11) is 0. The number of hydrogen-bond acceptors (Lipinski definition) is 3. The molecule has 0 unspecified atom stereocenters. The predicted octanol–water partition coefficient (Wildman–Crippen LogP) is 6.69. The highest BCUT2D eigenvalue weighted by Crippen LogP contribution is 2.25. The third-order valence-corrected chi connectivity index (χ3v) is 6.73. The lowest BCUT2D eigenvalue weighted by Gasteiger charge is -2.09. The van der Waals surface area contributed by atoms with Gasteiger partial charge in [0.05, 0.1) is 22.4 Å². The van der Waals surface area contributed by atoms with Gasteiger partial charge in [0.1, 0.15) is 0 Å². The predicted molar refractivity (Wildman–Crippen MR) is 153 cm³/mol. The maximum Gasteiger partial charge on any atom is 0.172 e. The van der Waals surface area contributed by atoms with Gasteiger partial charge in [-0.05, 0) is 51.9 Å². The molecule has 2 aromatic heterocycles. The molecule has 180 valence electrons. The summed E-state index contributed by atoms with van der Waals surface area (Å²) in [6.45, 7) is 1.06. The molecular weight excluding hydrogens is 556 g/mol. The molecule has 0 amide bonds. The zero-order valence-corrected chi connectivity index (χ0v) is 22.3. The highest BCUT2D eigenvalue weighted by Gasteiger charge is 2.14. The van der Waals surface area contributed by atoms with Gasteiger partial charge in [0.2, 0.25) is 0 Å². The third kappa shape index (κ3) is 5.67. The number of thiocarbonyl (C=S) groups is 1. The van der Waals surface area contributed by atoms with Crippen LogP contribution in [0, 0.1) is 0 Å². The minimum absolute atomic E-state index is 0.463. The van der Waals surface area contributed by atoms with Crippen molar-refractivity contribution in [3.8, 4) is 16.9 Å². The van der Waals surface area contributed by atoms with Gasteiger partial charge >= 0.3 is 0 Å². The number of nitrogens with one attached hydrogen (secondary N) is 2.